The molecule has 0 radical (unpaired) electrons. The van der Waals surface area contributed by atoms with Crippen LogP contribution in [0.5, 0.6) is 0 Å². The number of nitrogens with zero attached hydrogens (tertiary/aromatic N) is 1. The number of alkyl halides is 3. The third-order valence-corrected chi connectivity index (χ3v) is 3.79. The fourth-order valence-corrected chi connectivity index (χ4v) is 2.87. The van der Waals surface area contributed by atoms with Crippen LogP contribution < -0.4 is 0 Å². The van der Waals surface area contributed by atoms with Gasteiger partial charge >= 0.3 is 12.3 Å². The molecule has 1 amide bonds. The minimum Gasteiger partial charge on any atom is -0.444 e. The van der Waals surface area contributed by atoms with Crippen LogP contribution in [-0.4, -0.2) is 58.8 Å². The number of carbonyl (C=O) groups excluding carboxylic acids is 1. The van der Waals surface area contributed by atoms with Crippen molar-refractivity contribution in [1.82, 2.24) is 4.90 Å². The van der Waals surface area contributed by atoms with Gasteiger partial charge in [-0.3, -0.25) is 4.90 Å². The van der Waals surface area contributed by atoms with E-state index in [2.05, 4.69) is 0 Å². The summed E-state index contributed by atoms with van der Waals surface area (Å²) in [6.07, 6.45) is -6.55. The second kappa shape index (κ2) is 4.74. The van der Waals surface area contributed by atoms with Gasteiger partial charge in [0, 0.05) is 19.4 Å². The van der Waals surface area contributed by atoms with Gasteiger partial charge in [0.25, 0.3) is 0 Å². The molecule has 21 heavy (non-hydrogen) atoms. The average Bonchev–Trinajstić information content (AvgIpc) is 2.23. The number of halogens is 3. The van der Waals surface area contributed by atoms with Crippen molar-refractivity contribution in [2.75, 3.05) is 19.8 Å². The largest absolute Gasteiger partial charge is 0.444 e. The molecule has 1 aliphatic heterocycles. The van der Waals surface area contributed by atoms with E-state index in [9.17, 15) is 23.1 Å². The predicted molar refractivity (Wildman–Crippen MR) is 66.7 cm³/mol. The lowest BCUT2D eigenvalue weighted by Gasteiger charge is -2.59. The van der Waals surface area contributed by atoms with Crippen LogP contribution in [0.15, 0.2) is 0 Å². The topological polar surface area (TPSA) is 59.0 Å². The third-order valence-electron chi connectivity index (χ3n) is 3.79. The number of carbonyl (C=O) groups is 1. The first-order chi connectivity index (χ1) is 9.39. The molecule has 0 unspecified atom stereocenters. The molecule has 8 heteroatoms. The summed E-state index contributed by atoms with van der Waals surface area (Å²) in [7, 11) is 0. The lowest BCUT2D eigenvalue weighted by atomic mass is 9.63. The zero-order valence-electron chi connectivity index (χ0n) is 12.3. The maximum Gasteiger partial charge on any atom is 0.417 e. The number of rotatable bonds is 0. The Labute approximate surface area is 121 Å². The van der Waals surface area contributed by atoms with Crippen LogP contribution in [0.1, 0.15) is 33.6 Å². The van der Waals surface area contributed by atoms with Gasteiger partial charge < -0.3 is 14.6 Å². The van der Waals surface area contributed by atoms with Crippen LogP contribution >= 0.6 is 0 Å². The molecule has 1 spiro atoms. The van der Waals surface area contributed by atoms with E-state index in [-0.39, 0.29) is 19.8 Å². The molecule has 2 aliphatic rings. The van der Waals surface area contributed by atoms with E-state index in [1.165, 1.54) is 4.90 Å². The highest BCUT2D eigenvalue weighted by atomic mass is 19.4. The van der Waals surface area contributed by atoms with Crippen LogP contribution in [0.4, 0.5) is 18.0 Å². The van der Waals surface area contributed by atoms with Gasteiger partial charge in [0.2, 0.25) is 0 Å². The van der Waals surface area contributed by atoms with Crippen LogP contribution in [0.2, 0.25) is 0 Å². The summed E-state index contributed by atoms with van der Waals surface area (Å²) in [5.74, 6) is 0. The summed E-state index contributed by atoms with van der Waals surface area (Å²) in [5.41, 5.74) is -4.63. The number of aliphatic hydroxyl groups is 1. The van der Waals surface area contributed by atoms with E-state index in [0.29, 0.717) is 0 Å². The van der Waals surface area contributed by atoms with Gasteiger partial charge in [-0.25, -0.2) is 4.79 Å². The van der Waals surface area contributed by atoms with E-state index in [4.69, 9.17) is 9.47 Å². The van der Waals surface area contributed by atoms with Crippen molar-refractivity contribution >= 4 is 6.09 Å². The zero-order valence-corrected chi connectivity index (χ0v) is 12.3. The number of ether oxygens (including phenoxy) is 2. The van der Waals surface area contributed by atoms with E-state index < -0.39 is 41.9 Å². The summed E-state index contributed by atoms with van der Waals surface area (Å²) >= 11 is 0. The van der Waals surface area contributed by atoms with Crippen molar-refractivity contribution in [3.63, 3.8) is 0 Å². The van der Waals surface area contributed by atoms with Crippen LogP contribution in [0.25, 0.3) is 0 Å². The molecular weight excluding hydrogens is 291 g/mol. The van der Waals surface area contributed by atoms with E-state index >= 15 is 0 Å². The predicted octanol–water partition coefficient (Wildman–Crippen LogP) is 2.08. The summed E-state index contributed by atoms with van der Waals surface area (Å²) in [6.45, 7) is 5.43. The molecule has 122 valence electrons. The van der Waals surface area contributed by atoms with E-state index in [1.54, 1.807) is 20.8 Å². The molecule has 5 nitrogen and oxygen atoms in total. The molecule has 0 bridgehead atoms. The molecule has 0 atom stereocenters. The maximum absolute atomic E-state index is 12.8. The number of hydrogen-bond acceptors (Lipinski definition) is 4. The van der Waals surface area contributed by atoms with Crippen molar-refractivity contribution in [1.29, 1.82) is 0 Å². The Bertz CT molecular complexity index is 424. The summed E-state index contributed by atoms with van der Waals surface area (Å²) in [5, 5.41) is 9.64. The molecule has 1 saturated heterocycles. The highest BCUT2D eigenvalue weighted by Gasteiger charge is 2.70. The van der Waals surface area contributed by atoms with Gasteiger partial charge in [-0.15, -0.1) is 0 Å². The van der Waals surface area contributed by atoms with Crippen molar-refractivity contribution in [3.8, 4) is 0 Å². The molecule has 1 N–H and O–H groups in total. The van der Waals surface area contributed by atoms with Crippen molar-refractivity contribution in [2.45, 2.75) is 56.5 Å². The van der Waals surface area contributed by atoms with E-state index in [0.717, 1.165) is 0 Å². The summed E-state index contributed by atoms with van der Waals surface area (Å²) in [4.78, 5) is 13.4. The van der Waals surface area contributed by atoms with Gasteiger partial charge in [-0.2, -0.15) is 13.2 Å². The molecule has 0 aromatic carbocycles. The van der Waals surface area contributed by atoms with Gasteiger partial charge in [0.05, 0.1) is 18.8 Å². The zero-order chi connectivity index (χ0) is 16.1. The Morgan fingerprint density at radius 3 is 2.33 bits per heavy atom. The lowest BCUT2D eigenvalue weighted by Crippen LogP contribution is -2.74. The highest BCUT2D eigenvalue weighted by molar-refractivity contribution is 5.70. The molecule has 0 aromatic heterocycles. The minimum atomic E-state index is -4.71. The molecule has 1 saturated carbocycles. The minimum absolute atomic E-state index is 0.0232. The Balaban J connectivity index is 2.13. The fraction of sp³-hybridized carbons (Fsp3) is 0.923. The third kappa shape index (κ3) is 2.96. The van der Waals surface area contributed by atoms with E-state index in [1.807, 2.05) is 0 Å². The molecular formula is C13H20F3NO4. The molecule has 2 rings (SSSR count). The van der Waals surface area contributed by atoms with Crippen LogP contribution in [0, 0.1) is 0 Å². The normalized spacial score (nSPS) is 33.8. The first kappa shape index (κ1) is 16.4. The summed E-state index contributed by atoms with van der Waals surface area (Å²) < 4.78 is 48.8. The van der Waals surface area contributed by atoms with Gasteiger partial charge in [0.1, 0.15) is 5.60 Å². The molecule has 1 heterocycles. The van der Waals surface area contributed by atoms with Gasteiger partial charge in [-0.1, -0.05) is 0 Å². The Morgan fingerprint density at radius 1 is 1.29 bits per heavy atom. The highest BCUT2D eigenvalue weighted by Crippen LogP contribution is 2.54. The standard InChI is InChI=1S/C13H20F3NO4/c1-10(2,3)21-9(18)17-4-5-20-8-11(17)6-12(19,7-11)13(14,15)16/h19H,4-8H2,1-3H3. The maximum atomic E-state index is 12.8. The van der Waals surface area contributed by atoms with Gasteiger partial charge in [-0.05, 0) is 20.8 Å². The fourth-order valence-electron chi connectivity index (χ4n) is 2.87. The molecule has 0 aromatic rings. The molecule has 2 fully saturated rings. The average molecular weight is 311 g/mol. The van der Waals surface area contributed by atoms with Gasteiger partial charge in [0.15, 0.2) is 5.60 Å². The number of morpholine rings is 1. The second-order valence-electron chi connectivity index (χ2n) is 6.79. The van der Waals surface area contributed by atoms with Crippen LogP contribution in [-0.2, 0) is 9.47 Å². The Hall–Kier alpha value is -1.02. The smallest absolute Gasteiger partial charge is 0.417 e. The lowest BCUT2D eigenvalue weighted by molar-refractivity contribution is -0.324. The van der Waals surface area contributed by atoms with Crippen molar-refractivity contribution in [3.05, 3.63) is 0 Å². The Kier molecular flexibility index (Phi) is 3.69. The first-order valence-corrected chi connectivity index (χ1v) is 6.76. The molecule has 1 aliphatic carbocycles. The number of amides is 1. The van der Waals surface area contributed by atoms with Crippen molar-refractivity contribution in [2.24, 2.45) is 0 Å². The van der Waals surface area contributed by atoms with Crippen molar-refractivity contribution < 1.29 is 32.5 Å². The van der Waals surface area contributed by atoms with Crippen LogP contribution in [0.3, 0.4) is 0 Å². The Morgan fingerprint density at radius 2 is 1.86 bits per heavy atom. The monoisotopic (exact) mass is 311 g/mol. The number of hydrogen-bond donors (Lipinski definition) is 1. The SMILES string of the molecule is CC(C)(C)OC(=O)N1CCOCC12CC(O)(C(F)(F)F)C2. The quantitative estimate of drug-likeness (QED) is 0.744. The summed E-state index contributed by atoms with van der Waals surface area (Å²) in [6, 6.07) is 0. The first-order valence-electron chi connectivity index (χ1n) is 6.76. The second-order valence-corrected chi connectivity index (χ2v) is 6.79.